The number of amides is 1. The average molecular weight is 337 g/mol. The smallest absolute Gasteiger partial charge is 0.291 e. The summed E-state index contributed by atoms with van der Waals surface area (Å²) in [5.74, 6) is 0.821. The molecule has 1 fully saturated rings. The van der Waals surface area contributed by atoms with Gasteiger partial charge in [0.05, 0.1) is 18.9 Å². The Morgan fingerprint density at radius 1 is 1.16 bits per heavy atom. The molecule has 4 rings (SSSR count). The number of aromatic nitrogens is 1. The van der Waals surface area contributed by atoms with Crippen molar-refractivity contribution >= 4 is 28.4 Å². The number of fused-ring (bicyclic) bond motifs is 1. The Morgan fingerprint density at radius 2 is 1.96 bits per heavy atom. The van der Waals surface area contributed by atoms with Crippen molar-refractivity contribution in [1.82, 2.24) is 4.98 Å². The van der Waals surface area contributed by atoms with E-state index in [1.807, 2.05) is 43.3 Å². The van der Waals surface area contributed by atoms with E-state index in [0.717, 1.165) is 29.9 Å². The van der Waals surface area contributed by atoms with Gasteiger partial charge >= 0.3 is 0 Å². The van der Waals surface area contributed by atoms with Crippen LogP contribution in [0.15, 0.2) is 47.0 Å². The topological polar surface area (TPSA) is 67.6 Å². The zero-order valence-corrected chi connectivity index (χ0v) is 14.0. The minimum atomic E-state index is -0.267. The van der Waals surface area contributed by atoms with Crippen LogP contribution >= 0.6 is 0 Å². The second kappa shape index (κ2) is 6.57. The summed E-state index contributed by atoms with van der Waals surface area (Å²) >= 11 is 0. The molecule has 0 atom stereocenters. The number of furan rings is 1. The molecule has 0 radical (unpaired) electrons. The van der Waals surface area contributed by atoms with Crippen LogP contribution in [0, 0.1) is 6.92 Å². The monoisotopic (exact) mass is 337 g/mol. The van der Waals surface area contributed by atoms with Crippen molar-refractivity contribution < 1.29 is 13.9 Å². The number of carbonyl (C=O) groups is 1. The first kappa shape index (κ1) is 15.7. The van der Waals surface area contributed by atoms with Crippen LogP contribution in [0.1, 0.15) is 16.1 Å². The molecule has 6 nitrogen and oxygen atoms in total. The molecule has 128 valence electrons. The Hall–Kier alpha value is -2.86. The van der Waals surface area contributed by atoms with Gasteiger partial charge in [0.15, 0.2) is 11.6 Å². The molecule has 0 bridgehead atoms. The van der Waals surface area contributed by atoms with Crippen LogP contribution in [-0.4, -0.2) is 37.2 Å². The number of pyridine rings is 1. The zero-order valence-electron chi connectivity index (χ0n) is 14.0. The molecule has 25 heavy (non-hydrogen) atoms. The van der Waals surface area contributed by atoms with Crippen LogP contribution in [-0.2, 0) is 4.74 Å². The summed E-state index contributed by atoms with van der Waals surface area (Å²) < 4.78 is 11.1. The van der Waals surface area contributed by atoms with E-state index < -0.39 is 0 Å². The normalized spacial score (nSPS) is 14.7. The molecular weight excluding hydrogens is 318 g/mol. The first-order valence-corrected chi connectivity index (χ1v) is 8.31. The molecule has 2 aromatic heterocycles. The minimum absolute atomic E-state index is 0.267. The predicted octanol–water partition coefficient (Wildman–Crippen LogP) is 3.23. The van der Waals surface area contributed by atoms with Crippen molar-refractivity contribution in [3.63, 3.8) is 0 Å². The fraction of sp³-hybridized carbons (Fsp3) is 0.263. The number of hydrogen-bond donors (Lipinski definition) is 1. The van der Waals surface area contributed by atoms with Crippen molar-refractivity contribution in [2.24, 2.45) is 0 Å². The molecule has 0 aliphatic carbocycles. The fourth-order valence-corrected chi connectivity index (χ4v) is 3.09. The van der Waals surface area contributed by atoms with Crippen molar-refractivity contribution in [2.45, 2.75) is 6.92 Å². The molecule has 0 unspecified atom stereocenters. The molecule has 1 aromatic carbocycles. The van der Waals surface area contributed by atoms with Crippen LogP contribution in [0.25, 0.3) is 11.0 Å². The summed E-state index contributed by atoms with van der Waals surface area (Å²) in [5, 5.41) is 3.90. The Balaban J connectivity index is 1.63. The number of ether oxygens (including phenoxy) is 1. The molecule has 1 aliphatic heterocycles. The number of benzene rings is 1. The van der Waals surface area contributed by atoms with E-state index in [1.165, 1.54) is 0 Å². The molecule has 1 aliphatic rings. The number of nitrogens with zero attached hydrogens (tertiary/aromatic N) is 2. The molecule has 1 amide bonds. The van der Waals surface area contributed by atoms with Gasteiger partial charge in [-0.2, -0.15) is 0 Å². The van der Waals surface area contributed by atoms with E-state index >= 15 is 0 Å². The molecule has 1 N–H and O–H groups in total. The highest BCUT2D eigenvalue weighted by atomic mass is 16.5. The fourth-order valence-electron chi connectivity index (χ4n) is 3.09. The van der Waals surface area contributed by atoms with E-state index in [9.17, 15) is 4.79 Å². The lowest BCUT2D eigenvalue weighted by Crippen LogP contribution is -2.37. The number of aryl methyl sites for hydroxylation is 1. The zero-order chi connectivity index (χ0) is 17.2. The summed E-state index contributed by atoms with van der Waals surface area (Å²) in [7, 11) is 0. The third-order valence-electron chi connectivity index (χ3n) is 4.40. The minimum Gasteiger partial charge on any atom is -0.451 e. The van der Waals surface area contributed by atoms with Crippen molar-refractivity contribution in [2.75, 3.05) is 36.5 Å². The Kier molecular flexibility index (Phi) is 4.11. The number of para-hydroxylation sites is 1. The van der Waals surface area contributed by atoms with E-state index in [2.05, 4.69) is 15.2 Å². The Bertz CT molecular complexity index is 913. The Morgan fingerprint density at radius 3 is 2.76 bits per heavy atom. The molecule has 3 heterocycles. The first-order valence-electron chi connectivity index (χ1n) is 8.31. The number of anilines is 2. The van der Waals surface area contributed by atoms with Gasteiger partial charge in [-0.1, -0.05) is 18.2 Å². The van der Waals surface area contributed by atoms with Gasteiger partial charge < -0.3 is 19.4 Å². The third-order valence-corrected chi connectivity index (χ3v) is 4.40. The highest BCUT2D eigenvalue weighted by Gasteiger charge is 2.21. The van der Waals surface area contributed by atoms with Crippen LogP contribution < -0.4 is 10.2 Å². The lowest BCUT2D eigenvalue weighted by Gasteiger charge is -2.29. The van der Waals surface area contributed by atoms with Crippen molar-refractivity contribution in [3.8, 4) is 0 Å². The summed E-state index contributed by atoms with van der Waals surface area (Å²) in [6, 6.07) is 11.3. The van der Waals surface area contributed by atoms with Crippen molar-refractivity contribution in [1.29, 1.82) is 0 Å². The highest BCUT2D eigenvalue weighted by Crippen LogP contribution is 2.28. The number of hydrogen-bond acceptors (Lipinski definition) is 5. The van der Waals surface area contributed by atoms with E-state index in [0.29, 0.717) is 30.2 Å². The SMILES string of the molecule is Cc1c(C(=O)Nc2cccnc2N2CCOCC2)oc2ccccc12. The van der Waals surface area contributed by atoms with E-state index in [4.69, 9.17) is 9.15 Å². The molecule has 0 spiro atoms. The third kappa shape index (κ3) is 2.96. The predicted molar refractivity (Wildman–Crippen MR) is 96.2 cm³/mol. The summed E-state index contributed by atoms with van der Waals surface area (Å²) in [6.07, 6.45) is 1.73. The quantitative estimate of drug-likeness (QED) is 0.795. The average Bonchev–Trinajstić information content (AvgIpc) is 3.00. The maximum Gasteiger partial charge on any atom is 0.291 e. The summed E-state index contributed by atoms with van der Waals surface area (Å²) in [6.45, 7) is 4.72. The summed E-state index contributed by atoms with van der Waals surface area (Å²) in [4.78, 5) is 19.3. The number of carbonyl (C=O) groups excluding carboxylic acids is 1. The largest absolute Gasteiger partial charge is 0.451 e. The first-order chi connectivity index (χ1) is 12.2. The number of nitrogens with one attached hydrogen (secondary N) is 1. The van der Waals surface area contributed by atoms with Crippen molar-refractivity contribution in [3.05, 3.63) is 53.9 Å². The van der Waals surface area contributed by atoms with Gasteiger partial charge in [0, 0.05) is 30.2 Å². The maximum absolute atomic E-state index is 12.8. The molecule has 3 aromatic rings. The number of morpholine rings is 1. The second-order valence-corrected chi connectivity index (χ2v) is 5.98. The van der Waals surface area contributed by atoms with Crippen LogP contribution in [0.3, 0.4) is 0 Å². The van der Waals surface area contributed by atoms with E-state index in [-0.39, 0.29) is 5.91 Å². The van der Waals surface area contributed by atoms with Gasteiger partial charge in [-0.05, 0) is 25.1 Å². The van der Waals surface area contributed by atoms with Gasteiger partial charge in [0.1, 0.15) is 5.58 Å². The van der Waals surface area contributed by atoms with Gasteiger partial charge in [0.25, 0.3) is 5.91 Å². The number of rotatable bonds is 3. The molecule has 0 saturated carbocycles. The second-order valence-electron chi connectivity index (χ2n) is 5.98. The van der Waals surface area contributed by atoms with Gasteiger partial charge in [-0.15, -0.1) is 0 Å². The van der Waals surface area contributed by atoms with Gasteiger partial charge in [0.2, 0.25) is 0 Å². The lowest BCUT2D eigenvalue weighted by molar-refractivity contribution is 0.0998. The molecule has 1 saturated heterocycles. The maximum atomic E-state index is 12.8. The van der Waals surface area contributed by atoms with Crippen LogP contribution in [0.2, 0.25) is 0 Å². The highest BCUT2D eigenvalue weighted by molar-refractivity contribution is 6.07. The van der Waals surface area contributed by atoms with Gasteiger partial charge in [-0.25, -0.2) is 4.98 Å². The molecule has 6 heteroatoms. The van der Waals surface area contributed by atoms with Gasteiger partial charge in [-0.3, -0.25) is 4.79 Å². The van der Waals surface area contributed by atoms with E-state index in [1.54, 1.807) is 6.20 Å². The Labute approximate surface area is 145 Å². The standard InChI is InChI=1S/C19H19N3O3/c1-13-14-5-2-3-7-16(14)25-17(13)19(23)21-15-6-4-8-20-18(15)22-9-11-24-12-10-22/h2-8H,9-12H2,1H3,(H,21,23). The molecular formula is C19H19N3O3. The van der Waals surface area contributed by atoms with Crippen LogP contribution in [0.4, 0.5) is 11.5 Å². The summed E-state index contributed by atoms with van der Waals surface area (Å²) in [5.41, 5.74) is 2.23. The lowest BCUT2D eigenvalue weighted by atomic mass is 10.1. The van der Waals surface area contributed by atoms with Crippen LogP contribution in [0.5, 0.6) is 0 Å².